The first-order valence-electron chi connectivity index (χ1n) is 5.02. The van der Waals surface area contributed by atoms with Gasteiger partial charge in [0.25, 0.3) is 0 Å². The van der Waals surface area contributed by atoms with E-state index in [0.29, 0.717) is 19.6 Å². The Morgan fingerprint density at radius 2 is 2.23 bits per heavy atom. The Hall–Kier alpha value is -0.150. The number of ether oxygens (including phenoxy) is 1. The molecule has 1 fully saturated rings. The highest BCUT2D eigenvalue weighted by molar-refractivity contribution is 4.86. The molecular weight excluding hydrogens is 169 g/mol. The standard InChI is InChI=1S/C10H20FNO/c1-9(2)13-7-6-12-5-4-10(3,11)8-12/h9H,4-8H2,1-3H3. The van der Waals surface area contributed by atoms with Gasteiger partial charge in [0.2, 0.25) is 0 Å². The van der Waals surface area contributed by atoms with E-state index in [1.165, 1.54) is 0 Å². The minimum absolute atomic E-state index is 0.277. The van der Waals surface area contributed by atoms with Crippen LogP contribution in [0.5, 0.6) is 0 Å². The summed E-state index contributed by atoms with van der Waals surface area (Å²) in [7, 11) is 0. The Kier molecular flexibility index (Phi) is 3.68. The maximum Gasteiger partial charge on any atom is 0.122 e. The zero-order valence-electron chi connectivity index (χ0n) is 8.85. The van der Waals surface area contributed by atoms with Gasteiger partial charge in [0, 0.05) is 19.6 Å². The quantitative estimate of drug-likeness (QED) is 0.669. The third kappa shape index (κ3) is 4.05. The van der Waals surface area contributed by atoms with Crippen molar-refractivity contribution in [2.24, 2.45) is 0 Å². The van der Waals surface area contributed by atoms with Crippen molar-refractivity contribution in [1.29, 1.82) is 0 Å². The molecule has 1 unspecified atom stereocenters. The van der Waals surface area contributed by atoms with Gasteiger partial charge in [-0.05, 0) is 27.2 Å². The zero-order chi connectivity index (χ0) is 9.90. The number of likely N-dealkylation sites (tertiary alicyclic amines) is 1. The summed E-state index contributed by atoms with van der Waals surface area (Å²) in [4.78, 5) is 2.13. The Balaban J connectivity index is 2.11. The fourth-order valence-electron chi connectivity index (χ4n) is 1.62. The Labute approximate surface area is 80.1 Å². The lowest BCUT2D eigenvalue weighted by atomic mass is 10.1. The van der Waals surface area contributed by atoms with Crippen LogP contribution in [-0.4, -0.2) is 42.9 Å². The fraction of sp³-hybridized carbons (Fsp3) is 1.00. The van der Waals surface area contributed by atoms with Gasteiger partial charge < -0.3 is 4.74 Å². The summed E-state index contributed by atoms with van der Waals surface area (Å²) in [6.45, 7) is 8.72. The first kappa shape index (κ1) is 10.9. The molecule has 0 aliphatic carbocycles. The van der Waals surface area contributed by atoms with Crippen LogP contribution in [0.4, 0.5) is 4.39 Å². The number of alkyl halides is 1. The van der Waals surface area contributed by atoms with Gasteiger partial charge in [0.05, 0.1) is 12.7 Å². The number of rotatable bonds is 4. The van der Waals surface area contributed by atoms with Crippen molar-refractivity contribution in [3.63, 3.8) is 0 Å². The van der Waals surface area contributed by atoms with Gasteiger partial charge in [-0.1, -0.05) is 0 Å². The summed E-state index contributed by atoms with van der Waals surface area (Å²) in [5, 5.41) is 0. The van der Waals surface area contributed by atoms with Gasteiger partial charge in [-0.25, -0.2) is 4.39 Å². The Morgan fingerprint density at radius 3 is 2.69 bits per heavy atom. The van der Waals surface area contributed by atoms with Crippen LogP contribution >= 0.6 is 0 Å². The summed E-state index contributed by atoms with van der Waals surface area (Å²) < 4.78 is 18.8. The van der Waals surface area contributed by atoms with Gasteiger partial charge in [-0.2, -0.15) is 0 Å². The molecule has 0 N–H and O–H groups in total. The van der Waals surface area contributed by atoms with E-state index in [0.717, 1.165) is 13.1 Å². The van der Waals surface area contributed by atoms with Crippen LogP contribution in [0, 0.1) is 0 Å². The van der Waals surface area contributed by atoms with Crippen molar-refractivity contribution in [1.82, 2.24) is 4.90 Å². The molecule has 1 aliphatic heterocycles. The van der Waals surface area contributed by atoms with Crippen LogP contribution in [0.25, 0.3) is 0 Å². The van der Waals surface area contributed by atoms with Gasteiger partial charge in [0.15, 0.2) is 0 Å². The molecule has 78 valence electrons. The molecule has 0 aromatic carbocycles. The second-order valence-electron chi connectivity index (χ2n) is 4.36. The molecule has 1 saturated heterocycles. The third-order valence-corrected chi connectivity index (χ3v) is 2.36. The van der Waals surface area contributed by atoms with Crippen LogP contribution in [0.15, 0.2) is 0 Å². The van der Waals surface area contributed by atoms with E-state index in [1.807, 2.05) is 13.8 Å². The average molecular weight is 189 g/mol. The van der Waals surface area contributed by atoms with Crippen molar-refractivity contribution in [2.45, 2.75) is 39.0 Å². The molecule has 0 radical (unpaired) electrons. The van der Waals surface area contributed by atoms with Crippen molar-refractivity contribution in [3.8, 4) is 0 Å². The summed E-state index contributed by atoms with van der Waals surface area (Å²) >= 11 is 0. The van der Waals surface area contributed by atoms with E-state index in [1.54, 1.807) is 6.92 Å². The van der Waals surface area contributed by atoms with Crippen molar-refractivity contribution in [2.75, 3.05) is 26.2 Å². The van der Waals surface area contributed by atoms with Crippen molar-refractivity contribution in [3.05, 3.63) is 0 Å². The minimum atomic E-state index is -0.974. The molecule has 0 spiro atoms. The highest BCUT2D eigenvalue weighted by Crippen LogP contribution is 2.23. The molecule has 13 heavy (non-hydrogen) atoms. The number of hydrogen-bond acceptors (Lipinski definition) is 2. The first-order chi connectivity index (χ1) is 5.99. The maximum absolute atomic E-state index is 13.4. The van der Waals surface area contributed by atoms with E-state index >= 15 is 0 Å². The minimum Gasteiger partial charge on any atom is -0.377 e. The molecule has 0 saturated carbocycles. The number of nitrogens with zero attached hydrogens (tertiary/aromatic N) is 1. The summed E-state index contributed by atoms with van der Waals surface area (Å²) in [5.41, 5.74) is -0.974. The first-order valence-corrected chi connectivity index (χ1v) is 5.02. The smallest absolute Gasteiger partial charge is 0.122 e. The SMILES string of the molecule is CC(C)OCCN1CCC(C)(F)C1. The van der Waals surface area contributed by atoms with Crippen molar-refractivity contribution >= 4 is 0 Å². The predicted octanol–water partition coefficient (Wildman–Crippen LogP) is 1.85. The van der Waals surface area contributed by atoms with Gasteiger partial charge in [-0.3, -0.25) is 4.90 Å². The lowest BCUT2D eigenvalue weighted by Gasteiger charge is -2.17. The molecule has 1 rings (SSSR count). The van der Waals surface area contributed by atoms with E-state index < -0.39 is 5.67 Å². The second-order valence-corrected chi connectivity index (χ2v) is 4.36. The van der Waals surface area contributed by atoms with Gasteiger partial charge >= 0.3 is 0 Å². The van der Waals surface area contributed by atoms with Gasteiger partial charge in [0.1, 0.15) is 5.67 Å². The summed E-state index contributed by atoms with van der Waals surface area (Å²) in [5.74, 6) is 0. The summed E-state index contributed by atoms with van der Waals surface area (Å²) in [6.07, 6.45) is 0.939. The van der Waals surface area contributed by atoms with E-state index in [9.17, 15) is 4.39 Å². The number of hydrogen-bond donors (Lipinski definition) is 0. The molecule has 1 aliphatic rings. The van der Waals surface area contributed by atoms with Crippen molar-refractivity contribution < 1.29 is 9.13 Å². The van der Waals surface area contributed by atoms with Gasteiger partial charge in [-0.15, -0.1) is 0 Å². The molecule has 1 heterocycles. The average Bonchev–Trinajstić information content (AvgIpc) is 2.29. The lowest BCUT2D eigenvalue weighted by Crippen LogP contribution is -2.29. The molecule has 0 aromatic rings. The molecule has 1 atom stereocenters. The second kappa shape index (κ2) is 4.38. The van der Waals surface area contributed by atoms with Crippen LogP contribution in [0.1, 0.15) is 27.2 Å². The molecule has 0 aromatic heterocycles. The van der Waals surface area contributed by atoms with Crippen LogP contribution < -0.4 is 0 Å². The highest BCUT2D eigenvalue weighted by Gasteiger charge is 2.32. The van der Waals surface area contributed by atoms with Crippen LogP contribution in [0.3, 0.4) is 0 Å². The Bertz CT molecular complexity index is 159. The number of halogens is 1. The lowest BCUT2D eigenvalue weighted by molar-refractivity contribution is 0.0603. The Morgan fingerprint density at radius 1 is 1.54 bits per heavy atom. The molecular formula is C10H20FNO. The predicted molar refractivity (Wildman–Crippen MR) is 51.7 cm³/mol. The maximum atomic E-state index is 13.4. The van der Waals surface area contributed by atoms with Crippen LogP contribution in [-0.2, 0) is 4.74 Å². The van der Waals surface area contributed by atoms with E-state index in [2.05, 4.69) is 4.90 Å². The highest BCUT2D eigenvalue weighted by atomic mass is 19.1. The fourth-order valence-corrected chi connectivity index (χ4v) is 1.62. The topological polar surface area (TPSA) is 12.5 Å². The van der Waals surface area contributed by atoms with E-state index in [-0.39, 0.29) is 6.10 Å². The van der Waals surface area contributed by atoms with E-state index in [4.69, 9.17) is 4.74 Å². The third-order valence-electron chi connectivity index (χ3n) is 2.36. The zero-order valence-corrected chi connectivity index (χ0v) is 8.85. The summed E-state index contributed by atoms with van der Waals surface area (Å²) in [6, 6.07) is 0. The molecule has 0 bridgehead atoms. The molecule has 3 heteroatoms. The van der Waals surface area contributed by atoms with Crippen LogP contribution in [0.2, 0.25) is 0 Å². The monoisotopic (exact) mass is 189 g/mol. The largest absolute Gasteiger partial charge is 0.377 e. The normalized spacial score (nSPS) is 30.2. The molecule has 0 amide bonds. The molecule has 2 nitrogen and oxygen atoms in total.